The number of halogens is 1. The molecule has 0 aliphatic carbocycles. The molecule has 1 heterocycles. The number of hydrogen-bond acceptors (Lipinski definition) is 3. The Morgan fingerprint density at radius 1 is 1.23 bits per heavy atom. The maximum atomic E-state index is 5.61. The van der Waals surface area contributed by atoms with Crippen LogP contribution in [0.2, 0.25) is 0 Å². The van der Waals surface area contributed by atoms with Gasteiger partial charge in [0.15, 0.2) is 4.60 Å². The van der Waals surface area contributed by atoms with E-state index in [0.717, 1.165) is 11.1 Å². The summed E-state index contributed by atoms with van der Waals surface area (Å²) >= 11 is 3.27. The largest absolute Gasteiger partial charge is 0.367 e. The fraction of sp³-hybridized carbons (Fsp3) is 0. The van der Waals surface area contributed by atoms with Crippen LogP contribution < -0.4 is 5.73 Å². The molecule has 2 N–H and O–H groups in total. The van der Waals surface area contributed by atoms with Crippen LogP contribution in [0, 0.1) is 0 Å². The van der Waals surface area contributed by atoms with Gasteiger partial charge in [-0.25, -0.2) is 0 Å². The zero-order valence-corrected chi connectivity index (χ0v) is 8.28. The summed E-state index contributed by atoms with van der Waals surface area (Å²) in [6.45, 7) is 0. The smallest absolute Gasteiger partial charge is 0.231 e. The van der Waals surface area contributed by atoms with Gasteiger partial charge in [-0.15, -0.1) is 0 Å². The van der Waals surface area contributed by atoms with E-state index >= 15 is 0 Å². The molecule has 0 amide bonds. The van der Waals surface area contributed by atoms with Crippen molar-refractivity contribution in [3.05, 3.63) is 34.9 Å². The molecule has 4 heteroatoms. The standard InChI is InChI=1S/C9H7BrN2O/c10-8-7(9(11)13-12-8)6-4-2-1-3-5-6/h1-5H,11H2. The van der Waals surface area contributed by atoms with Gasteiger partial charge in [-0.3, -0.25) is 0 Å². The highest BCUT2D eigenvalue weighted by Gasteiger charge is 2.12. The highest BCUT2D eigenvalue weighted by molar-refractivity contribution is 9.10. The predicted molar refractivity (Wildman–Crippen MR) is 54.1 cm³/mol. The molecular weight excluding hydrogens is 232 g/mol. The Balaban J connectivity index is 2.59. The quantitative estimate of drug-likeness (QED) is 0.832. The molecule has 2 aromatic rings. The number of benzene rings is 1. The lowest BCUT2D eigenvalue weighted by Gasteiger charge is -1.96. The van der Waals surface area contributed by atoms with Crippen molar-refractivity contribution in [2.75, 3.05) is 5.73 Å². The van der Waals surface area contributed by atoms with E-state index in [-0.39, 0.29) is 0 Å². The highest BCUT2D eigenvalue weighted by atomic mass is 79.9. The first-order chi connectivity index (χ1) is 6.29. The molecule has 0 bridgehead atoms. The van der Waals surface area contributed by atoms with Crippen LogP contribution in [0.3, 0.4) is 0 Å². The number of rotatable bonds is 1. The second kappa shape index (κ2) is 3.22. The topological polar surface area (TPSA) is 52.0 Å². The minimum Gasteiger partial charge on any atom is -0.367 e. The molecule has 0 atom stereocenters. The number of hydrogen-bond donors (Lipinski definition) is 1. The monoisotopic (exact) mass is 238 g/mol. The molecule has 3 nitrogen and oxygen atoms in total. The van der Waals surface area contributed by atoms with Gasteiger partial charge in [0.05, 0.1) is 5.56 Å². The Morgan fingerprint density at radius 3 is 2.46 bits per heavy atom. The Bertz CT molecular complexity index is 391. The zero-order chi connectivity index (χ0) is 9.26. The van der Waals surface area contributed by atoms with Crippen molar-refractivity contribution in [3.63, 3.8) is 0 Å². The van der Waals surface area contributed by atoms with E-state index in [1.807, 2.05) is 30.3 Å². The van der Waals surface area contributed by atoms with E-state index in [4.69, 9.17) is 10.3 Å². The summed E-state index contributed by atoms with van der Waals surface area (Å²) in [5.41, 5.74) is 7.41. The minimum absolute atomic E-state index is 0.332. The lowest BCUT2D eigenvalue weighted by molar-refractivity contribution is 0.432. The van der Waals surface area contributed by atoms with Gasteiger partial charge in [0.1, 0.15) is 0 Å². The van der Waals surface area contributed by atoms with Gasteiger partial charge in [-0.05, 0) is 21.5 Å². The molecule has 0 saturated heterocycles. The summed E-state index contributed by atoms with van der Waals surface area (Å²) in [4.78, 5) is 0. The van der Waals surface area contributed by atoms with Gasteiger partial charge in [0, 0.05) is 0 Å². The molecule has 2 rings (SSSR count). The normalized spacial score (nSPS) is 10.2. The van der Waals surface area contributed by atoms with Gasteiger partial charge in [-0.2, -0.15) is 0 Å². The molecule has 0 spiro atoms. The summed E-state index contributed by atoms with van der Waals surface area (Å²) in [6, 6.07) is 9.73. The van der Waals surface area contributed by atoms with E-state index in [0.29, 0.717) is 10.5 Å². The van der Waals surface area contributed by atoms with Crippen LogP contribution in [0.1, 0.15) is 0 Å². The van der Waals surface area contributed by atoms with Crippen LogP contribution in [0.15, 0.2) is 39.5 Å². The molecule has 0 aliphatic rings. The van der Waals surface area contributed by atoms with Crippen molar-refractivity contribution < 1.29 is 4.52 Å². The third-order valence-corrected chi connectivity index (χ3v) is 2.28. The number of nitrogen functional groups attached to an aromatic ring is 1. The van der Waals surface area contributed by atoms with E-state index in [1.165, 1.54) is 0 Å². The van der Waals surface area contributed by atoms with Crippen molar-refractivity contribution in [1.29, 1.82) is 0 Å². The third kappa shape index (κ3) is 1.45. The molecule has 1 aromatic carbocycles. The molecule has 66 valence electrons. The predicted octanol–water partition coefficient (Wildman–Crippen LogP) is 2.69. The van der Waals surface area contributed by atoms with E-state index in [1.54, 1.807) is 0 Å². The first-order valence-electron chi connectivity index (χ1n) is 3.75. The highest BCUT2D eigenvalue weighted by Crippen LogP contribution is 2.32. The van der Waals surface area contributed by atoms with Crippen LogP contribution >= 0.6 is 15.9 Å². The fourth-order valence-corrected chi connectivity index (χ4v) is 1.65. The summed E-state index contributed by atoms with van der Waals surface area (Å²) in [5.74, 6) is 0.332. The van der Waals surface area contributed by atoms with E-state index in [2.05, 4.69) is 21.1 Å². The number of nitrogens with zero attached hydrogens (tertiary/aromatic N) is 1. The van der Waals surface area contributed by atoms with Crippen LogP contribution in [-0.4, -0.2) is 5.16 Å². The Kier molecular flexibility index (Phi) is 2.06. The molecule has 0 saturated carbocycles. The fourth-order valence-electron chi connectivity index (χ4n) is 1.15. The molecule has 1 aromatic heterocycles. The second-order valence-corrected chi connectivity index (χ2v) is 3.33. The molecular formula is C9H7BrN2O. The van der Waals surface area contributed by atoms with Crippen LogP contribution in [0.4, 0.5) is 5.88 Å². The molecule has 13 heavy (non-hydrogen) atoms. The Labute approximate surface area is 83.7 Å². The lowest BCUT2D eigenvalue weighted by Crippen LogP contribution is -1.84. The maximum Gasteiger partial charge on any atom is 0.231 e. The Hall–Kier alpha value is -1.29. The minimum atomic E-state index is 0.332. The molecule has 0 aliphatic heterocycles. The van der Waals surface area contributed by atoms with Gasteiger partial charge in [0.2, 0.25) is 5.88 Å². The number of aromatic nitrogens is 1. The van der Waals surface area contributed by atoms with Crippen LogP contribution in [0.5, 0.6) is 0 Å². The maximum absolute atomic E-state index is 5.61. The van der Waals surface area contributed by atoms with Gasteiger partial charge < -0.3 is 10.3 Å². The Morgan fingerprint density at radius 2 is 1.92 bits per heavy atom. The number of anilines is 1. The van der Waals surface area contributed by atoms with Gasteiger partial charge in [0.25, 0.3) is 0 Å². The first-order valence-corrected chi connectivity index (χ1v) is 4.54. The van der Waals surface area contributed by atoms with Crippen molar-refractivity contribution >= 4 is 21.8 Å². The van der Waals surface area contributed by atoms with E-state index < -0.39 is 0 Å². The average molecular weight is 239 g/mol. The van der Waals surface area contributed by atoms with Crippen molar-refractivity contribution in [3.8, 4) is 11.1 Å². The molecule has 0 fully saturated rings. The molecule has 0 unspecified atom stereocenters. The summed E-state index contributed by atoms with van der Waals surface area (Å²) in [6.07, 6.45) is 0. The second-order valence-electron chi connectivity index (χ2n) is 2.58. The third-order valence-electron chi connectivity index (χ3n) is 1.74. The van der Waals surface area contributed by atoms with Crippen molar-refractivity contribution in [2.24, 2.45) is 0 Å². The van der Waals surface area contributed by atoms with E-state index in [9.17, 15) is 0 Å². The van der Waals surface area contributed by atoms with Gasteiger partial charge in [-0.1, -0.05) is 35.5 Å². The zero-order valence-electron chi connectivity index (χ0n) is 6.70. The number of nitrogens with two attached hydrogens (primary N) is 1. The van der Waals surface area contributed by atoms with Crippen molar-refractivity contribution in [1.82, 2.24) is 5.16 Å². The van der Waals surface area contributed by atoms with Crippen LogP contribution in [0.25, 0.3) is 11.1 Å². The van der Waals surface area contributed by atoms with Crippen LogP contribution in [-0.2, 0) is 0 Å². The first kappa shape index (κ1) is 8.31. The summed E-state index contributed by atoms with van der Waals surface area (Å²) in [5, 5.41) is 3.71. The summed E-state index contributed by atoms with van der Waals surface area (Å²) in [7, 11) is 0. The average Bonchev–Trinajstić information content (AvgIpc) is 2.48. The lowest BCUT2D eigenvalue weighted by atomic mass is 10.1. The SMILES string of the molecule is Nc1onc(Br)c1-c1ccccc1. The van der Waals surface area contributed by atoms with Gasteiger partial charge >= 0.3 is 0 Å². The molecule has 0 radical (unpaired) electrons. The summed E-state index contributed by atoms with van der Waals surface area (Å²) < 4.78 is 5.47. The van der Waals surface area contributed by atoms with Crippen molar-refractivity contribution in [2.45, 2.75) is 0 Å².